The first-order valence-electron chi connectivity index (χ1n) is 11.0. The number of aliphatic hydroxyl groups is 1. The predicted molar refractivity (Wildman–Crippen MR) is 122 cm³/mol. The third-order valence-electron chi connectivity index (χ3n) is 5.59. The Bertz CT molecular complexity index is 1180. The van der Waals surface area contributed by atoms with E-state index in [0.29, 0.717) is 37.3 Å². The van der Waals surface area contributed by atoms with Crippen LogP contribution in [-0.2, 0) is 12.6 Å². The molecule has 3 aromatic heterocycles. The smallest absolute Gasteiger partial charge is 0.390 e. The normalized spacial score (nSPS) is 15.1. The molecule has 1 amide bonds. The Morgan fingerprint density at radius 3 is 2.59 bits per heavy atom. The molecule has 34 heavy (non-hydrogen) atoms. The van der Waals surface area contributed by atoms with Crippen LogP contribution in [0.4, 0.5) is 24.5 Å². The summed E-state index contributed by atoms with van der Waals surface area (Å²) >= 11 is 0. The summed E-state index contributed by atoms with van der Waals surface area (Å²) in [7, 11) is 0. The number of nitrogens with zero attached hydrogens (tertiary/aromatic N) is 4. The van der Waals surface area contributed by atoms with Crippen molar-refractivity contribution < 1.29 is 23.1 Å². The summed E-state index contributed by atoms with van der Waals surface area (Å²) in [5.74, 6) is -0.732. The molecule has 0 saturated carbocycles. The summed E-state index contributed by atoms with van der Waals surface area (Å²) in [5.41, 5.74) is 0.380. The number of imidazole rings is 1. The zero-order chi connectivity index (χ0) is 24.5. The molecule has 1 saturated heterocycles. The fourth-order valence-electron chi connectivity index (χ4n) is 3.80. The van der Waals surface area contributed by atoms with Gasteiger partial charge in [-0.15, -0.1) is 0 Å². The van der Waals surface area contributed by atoms with E-state index in [0.717, 1.165) is 36.6 Å². The average molecular weight is 477 g/mol. The highest BCUT2D eigenvalue weighted by Crippen LogP contribution is 2.30. The summed E-state index contributed by atoms with van der Waals surface area (Å²) in [6, 6.07) is 5.10. The molecule has 0 unspecified atom stereocenters. The van der Waals surface area contributed by atoms with E-state index in [9.17, 15) is 23.1 Å². The van der Waals surface area contributed by atoms with E-state index in [-0.39, 0.29) is 5.69 Å². The lowest BCUT2D eigenvalue weighted by Gasteiger charge is -2.31. The van der Waals surface area contributed by atoms with Gasteiger partial charge in [-0.3, -0.25) is 4.79 Å². The number of alkyl halides is 3. The number of amides is 1. The standard InChI is InChI=1S/C23H27F3N6O2/c1-22(2,34)7-6-15-13-32-14-17(18(12-20(32)28-15)31-10-8-27-9-11-31)30-21(33)16-4-3-5-19(29-16)23(24,25)26/h3-5,12-14,27,34H,6-11H2,1-2H3,(H,30,33). The molecule has 1 aliphatic heterocycles. The molecular formula is C23H27F3N6O2. The largest absolute Gasteiger partial charge is 0.433 e. The van der Waals surface area contributed by atoms with Crippen LogP contribution < -0.4 is 15.5 Å². The molecule has 0 aromatic carbocycles. The van der Waals surface area contributed by atoms with Gasteiger partial charge < -0.3 is 25.0 Å². The highest BCUT2D eigenvalue weighted by atomic mass is 19.4. The van der Waals surface area contributed by atoms with Gasteiger partial charge in [-0.1, -0.05) is 6.07 Å². The second kappa shape index (κ2) is 9.22. The Kier molecular flexibility index (Phi) is 6.50. The topological polar surface area (TPSA) is 94.8 Å². The first-order chi connectivity index (χ1) is 16.0. The molecule has 182 valence electrons. The van der Waals surface area contributed by atoms with Crippen LogP contribution in [0, 0.1) is 0 Å². The van der Waals surface area contributed by atoms with Gasteiger partial charge in [0.1, 0.15) is 17.0 Å². The van der Waals surface area contributed by atoms with Crippen molar-refractivity contribution in [1.29, 1.82) is 0 Å². The number of hydrogen-bond donors (Lipinski definition) is 3. The third-order valence-corrected chi connectivity index (χ3v) is 5.59. The van der Waals surface area contributed by atoms with Gasteiger partial charge in [-0.25, -0.2) is 9.97 Å². The predicted octanol–water partition coefficient (Wildman–Crippen LogP) is 3.11. The number of carbonyl (C=O) groups is 1. The van der Waals surface area contributed by atoms with E-state index in [1.54, 1.807) is 24.4 Å². The van der Waals surface area contributed by atoms with Crippen LogP contribution in [0.3, 0.4) is 0 Å². The summed E-state index contributed by atoms with van der Waals surface area (Å²) in [6.07, 6.45) is -0.00651. The molecule has 3 N–H and O–H groups in total. The summed E-state index contributed by atoms with van der Waals surface area (Å²) in [4.78, 5) is 23.1. The van der Waals surface area contributed by atoms with Crippen LogP contribution in [0.15, 0.2) is 36.7 Å². The molecule has 0 atom stereocenters. The number of aromatic nitrogens is 3. The van der Waals surface area contributed by atoms with E-state index < -0.39 is 23.4 Å². The number of carbonyl (C=O) groups excluding carboxylic acids is 1. The van der Waals surface area contributed by atoms with Crippen LogP contribution in [0.25, 0.3) is 5.65 Å². The highest BCUT2D eigenvalue weighted by Gasteiger charge is 2.33. The highest BCUT2D eigenvalue weighted by molar-refractivity contribution is 6.04. The number of anilines is 2. The third kappa shape index (κ3) is 5.65. The van der Waals surface area contributed by atoms with E-state index >= 15 is 0 Å². The van der Waals surface area contributed by atoms with Gasteiger partial charge in [0.2, 0.25) is 0 Å². The maximum absolute atomic E-state index is 13.0. The number of hydrogen-bond acceptors (Lipinski definition) is 6. The number of piperazine rings is 1. The number of fused-ring (bicyclic) bond motifs is 1. The fourth-order valence-corrected chi connectivity index (χ4v) is 3.80. The molecule has 11 heteroatoms. The van der Waals surface area contributed by atoms with E-state index in [1.807, 2.05) is 12.3 Å². The molecule has 3 aromatic rings. The minimum atomic E-state index is -4.64. The van der Waals surface area contributed by atoms with E-state index in [1.165, 1.54) is 6.07 Å². The number of halogens is 3. The van der Waals surface area contributed by atoms with Crippen molar-refractivity contribution >= 4 is 22.9 Å². The molecule has 1 fully saturated rings. The van der Waals surface area contributed by atoms with Crippen molar-refractivity contribution in [3.8, 4) is 0 Å². The molecular weight excluding hydrogens is 449 g/mol. The van der Waals surface area contributed by atoms with Crippen LogP contribution in [0.5, 0.6) is 0 Å². The number of pyridine rings is 2. The summed E-state index contributed by atoms with van der Waals surface area (Å²) in [6.45, 7) is 6.40. The Hall–Kier alpha value is -3.18. The summed E-state index contributed by atoms with van der Waals surface area (Å²) in [5, 5.41) is 16.0. The van der Waals surface area contributed by atoms with Crippen LogP contribution in [0.2, 0.25) is 0 Å². The number of aryl methyl sites for hydroxylation is 1. The van der Waals surface area contributed by atoms with E-state index in [2.05, 4.69) is 25.5 Å². The Balaban J connectivity index is 1.67. The van der Waals surface area contributed by atoms with Gasteiger partial charge in [-0.2, -0.15) is 13.2 Å². The van der Waals surface area contributed by atoms with Gasteiger partial charge in [0.25, 0.3) is 5.91 Å². The second-order valence-electron chi connectivity index (χ2n) is 8.98. The lowest BCUT2D eigenvalue weighted by atomic mass is 10.0. The minimum Gasteiger partial charge on any atom is -0.390 e. The van der Waals surface area contributed by atoms with Gasteiger partial charge in [0.15, 0.2) is 0 Å². The zero-order valence-corrected chi connectivity index (χ0v) is 19.0. The van der Waals surface area contributed by atoms with Gasteiger partial charge >= 0.3 is 6.18 Å². The summed E-state index contributed by atoms with van der Waals surface area (Å²) < 4.78 is 40.9. The van der Waals surface area contributed by atoms with Crippen LogP contribution in [0.1, 0.15) is 42.1 Å². The second-order valence-corrected chi connectivity index (χ2v) is 8.98. The average Bonchev–Trinajstić information content (AvgIpc) is 3.19. The molecule has 4 heterocycles. The number of nitrogens with one attached hydrogen (secondary N) is 2. The Labute approximate surface area is 194 Å². The molecule has 0 radical (unpaired) electrons. The van der Waals surface area contributed by atoms with Crippen molar-refractivity contribution in [1.82, 2.24) is 19.7 Å². The lowest BCUT2D eigenvalue weighted by Crippen LogP contribution is -2.43. The van der Waals surface area contributed by atoms with Gasteiger partial charge in [0.05, 0.1) is 22.7 Å². The molecule has 0 bridgehead atoms. The lowest BCUT2D eigenvalue weighted by molar-refractivity contribution is -0.141. The monoisotopic (exact) mass is 476 g/mol. The van der Waals surface area contributed by atoms with Crippen molar-refractivity contribution in [2.75, 3.05) is 36.4 Å². The van der Waals surface area contributed by atoms with Crippen LogP contribution in [-0.4, -0.2) is 57.2 Å². The van der Waals surface area contributed by atoms with E-state index in [4.69, 9.17) is 0 Å². The first-order valence-corrected chi connectivity index (χ1v) is 11.0. The molecule has 0 spiro atoms. The zero-order valence-electron chi connectivity index (χ0n) is 19.0. The number of rotatable bonds is 6. The van der Waals surface area contributed by atoms with Crippen molar-refractivity contribution in [2.24, 2.45) is 0 Å². The molecule has 0 aliphatic carbocycles. The van der Waals surface area contributed by atoms with Crippen molar-refractivity contribution in [3.63, 3.8) is 0 Å². The van der Waals surface area contributed by atoms with Crippen molar-refractivity contribution in [3.05, 3.63) is 53.7 Å². The first kappa shape index (κ1) is 24.0. The van der Waals surface area contributed by atoms with Crippen molar-refractivity contribution in [2.45, 2.75) is 38.5 Å². The molecule has 1 aliphatic rings. The Morgan fingerprint density at radius 1 is 1.18 bits per heavy atom. The Morgan fingerprint density at radius 2 is 1.91 bits per heavy atom. The maximum atomic E-state index is 13.0. The SMILES string of the molecule is CC(C)(O)CCc1cn2cc(NC(=O)c3cccc(C(F)(F)F)n3)c(N3CCNCC3)cc2n1. The molecule has 8 nitrogen and oxygen atoms in total. The minimum absolute atomic E-state index is 0.322. The molecule has 4 rings (SSSR count). The van der Waals surface area contributed by atoms with Gasteiger partial charge in [-0.05, 0) is 38.8 Å². The van der Waals surface area contributed by atoms with Gasteiger partial charge in [0, 0.05) is 44.6 Å². The quantitative estimate of drug-likeness (QED) is 0.506. The maximum Gasteiger partial charge on any atom is 0.433 e. The van der Waals surface area contributed by atoms with Crippen LogP contribution >= 0.6 is 0 Å². The fraction of sp³-hybridized carbons (Fsp3) is 0.435.